The van der Waals surface area contributed by atoms with Crippen LogP contribution in [0.25, 0.3) is 0 Å². The van der Waals surface area contributed by atoms with Crippen molar-refractivity contribution in [3.05, 3.63) is 23.3 Å². The molecule has 1 atom stereocenters. The van der Waals surface area contributed by atoms with Gasteiger partial charge in [-0.2, -0.15) is 0 Å². The van der Waals surface area contributed by atoms with Gasteiger partial charge in [0.25, 0.3) is 0 Å². The van der Waals surface area contributed by atoms with E-state index in [0.29, 0.717) is 6.10 Å². The van der Waals surface area contributed by atoms with Crippen molar-refractivity contribution in [3.8, 4) is 0 Å². The molecule has 1 unspecified atom stereocenters. The van der Waals surface area contributed by atoms with Gasteiger partial charge >= 0.3 is 0 Å². The van der Waals surface area contributed by atoms with Crippen LogP contribution >= 0.6 is 0 Å². The van der Waals surface area contributed by atoms with Crippen LogP contribution in [-0.4, -0.2) is 29.2 Å². The van der Waals surface area contributed by atoms with E-state index < -0.39 is 0 Å². The zero-order chi connectivity index (χ0) is 12.8. The second-order valence-corrected chi connectivity index (χ2v) is 4.89. The molecule has 0 saturated carbocycles. The van der Waals surface area contributed by atoms with Gasteiger partial charge in [0.15, 0.2) is 0 Å². The molecule has 1 aliphatic rings. The van der Waals surface area contributed by atoms with Gasteiger partial charge < -0.3 is 10.1 Å². The third-order valence-corrected chi connectivity index (χ3v) is 3.19. The Bertz CT molecular complexity index is 375. The van der Waals surface area contributed by atoms with Crippen molar-refractivity contribution >= 4 is 0 Å². The Morgan fingerprint density at radius 2 is 2.28 bits per heavy atom. The Balaban J connectivity index is 1.99. The van der Waals surface area contributed by atoms with Crippen molar-refractivity contribution in [1.82, 2.24) is 15.3 Å². The van der Waals surface area contributed by atoms with Crippen LogP contribution in [0.3, 0.4) is 0 Å². The molecule has 0 spiro atoms. The number of nitrogens with zero attached hydrogens (tertiary/aromatic N) is 2. The molecule has 1 saturated heterocycles. The fraction of sp³-hybridized carbons (Fsp3) is 0.714. The molecule has 1 aromatic heterocycles. The van der Waals surface area contributed by atoms with E-state index >= 15 is 0 Å². The van der Waals surface area contributed by atoms with Crippen LogP contribution in [0.15, 0.2) is 6.07 Å². The third-order valence-electron chi connectivity index (χ3n) is 3.19. The van der Waals surface area contributed by atoms with Crippen molar-refractivity contribution in [2.24, 2.45) is 0 Å². The Kier molecular flexibility index (Phi) is 5.08. The molecular weight excluding hydrogens is 226 g/mol. The van der Waals surface area contributed by atoms with Crippen LogP contribution in [0.5, 0.6) is 0 Å². The zero-order valence-electron chi connectivity index (χ0n) is 11.4. The summed E-state index contributed by atoms with van der Waals surface area (Å²) in [6.07, 6.45) is 4.76. The Labute approximate surface area is 109 Å². The fourth-order valence-electron chi connectivity index (χ4n) is 2.31. The highest BCUT2D eigenvalue weighted by molar-refractivity contribution is 5.10. The van der Waals surface area contributed by atoms with Gasteiger partial charge in [0.1, 0.15) is 5.82 Å². The SMILES string of the molecule is CCNCc1cc(C)nc(CC2CCCCO2)n1. The van der Waals surface area contributed by atoms with Crippen molar-refractivity contribution < 1.29 is 4.74 Å². The molecule has 1 aliphatic heterocycles. The second kappa shape index (κ2) is 6.81. The molecular formula is C14H23N3O. The normalized spacial score (nSPS) is 20.0. The molecule has 18 heavy (non-hydrogen) atoms. The molecule has 1 N–H and O–H groups in total. The lowest BCUT2D eigenvalue weighted by Crippen LogP contribution is -2.23. The van der Waals surface area contributed by atoms with Gasteiger partial charge in [-0.3, -0.25) is 0 Å². The minimum Gasteiger partial charge on any atom is -0.378 e. The van der Waals surface area contributed by atoms with E-state index in [2.05, 4.69) is 22.2 Å². The predicted molar refractivity (Wildman–Crippen MR) is 71.4 cm³/mol. The average molecular weight is 249 g/mol. The van der Waals surface area contributed by atoms with Gasteiger partial charge in [0.05, 0.1) is 11.8 Å². The number of ether oxygens (including phenoxy) is 1. The molecule has 2 heterocycles. The largest absolute Gasteiger partial charge is 0.378 e. The van der Waals surface area contributed by atoms with Crippen LogP contribution in [0.1, 0.15) is 43.4 Å². The van der Waals surface area contributed by atoms with Crippen LogP contribution in [0.2, 0.25) is 0 Å². The molecule has 1 aromatic rings. The molecule has 0 bridgehead atoms. The fourth-order valence-corrected chi connectivity index (χ4v) is 2.31. The highest BCUT2D eigenvalue weighted by Gasteiger charge is 2.16. The molecule has 0 aromatic carbocycles. The van der Waals surface area contributed by atoms with E-state index in [4.69, 9.17) is 4.74 Å². The molecule has 0 amide bonds. The predicted octanol–water partition coefficient (Wildman–Crippen LogP) is 2.01. The molecule has 4 heteroatoms. The number of hydrogen-bond acceptors (Lipinski definition) is 4. The molecule has 0 radical (unpaired) electrons. The zero-order valence-corrected chi connectivity index (χ0v) is 11.4. The Morgan fingerprint density at radius 1 is 1.39 bits per heavy atom. The van der Waals surface area contributed by atoms with Gasteiger partial charge in [-0.25, -0.2) is 9.97 Å². The van der Waals surface area contributed by atoms with Crippen LogP contribution in [0.4, 0.5) is 0 Å². The maximum Gasteiger partial charge on any atom is 0.131 e. The summed E-state index contributed by atoms with van der Waals surface area (Å²) < 4.78 is 5.75. The van der Waals surface area contributed by atoms with Gasteiger partial charge in [-0.05, 0) is 38.8 Å². The van der Waals surface area contributed by atoms with E-state index in [1.165, 1.54) is 12.8 Å². The summed E-state index contributed by atoms with van der Waals surface area (Å²) >= 11 is 0. The summed E-state index contributed by atoms with van der Waals surface area (Å²) in [7, 11) is 0. The van der Waals surface area contributed by atoms with E-state index in [0.717, 1.165) is 49.8 Å². The third kappa shape index (κ3) is 4.03. The first kappa shape index (κ1) is 13.4. The van der Waals surface area contributed by atoms with Crippen LogP contribution < -0.4 is 5.32 Å². The first-order valence-corrected chi connectivity index (χ1v) is 6.93. The second-order valence-electron chi connectivity index (χ2n) is 4.89. The Hall–Kier alpha value is -1.00. The summed E-state index contributed by atoms with van der Waals surface area (Å²) in [5.74, 6) is 0.926. The number of hydrogen-bond donors (Lipinski definition) is 1. The summed E-state index contributed by atoms with van der Waals surface area (Å²) in [5, 5.41) is 3.30. The molecule has 0 aliphatic carbocycles. The molecule has 100 valence electrons. The molecule has 1 fully saturated rings. The maximum absolute atomic E-state index is 5.75. The van der Waals surface area contributed by atoms with Crippen molar-refractivity contribution in [1.29, 1.82) is 0 Å². The maximum atomic E-state index is 5.75. The quantitative estimate of drug-likeness (QED) is 0.867. The molecule has 4 nitrogen and oxygen atoms in total. The lowest BCUT2D eigenvalue weighted by Gasteiger charge is -2.22. The monoisotopic (exact) mass is 249 g/mol. The summed E-state index contributed by atoms with van der Waals surface area (Å²) in [6, 6.07) is 2.05. The minimum atomic E-state index is 0.313. The van der Waals surface area contributed by atoms with Crippen LogP contribution in [-0.2, 0) is 17.7 Å². The van der Waals surface area contributed by atoms with Gasteiger partial charge in [-0.1, -0.05) is 6.92 Å². The standard InChI is InChI=1S/C14H23N3O/c1-3-15-10-12-8-11(2)16-14(17-12)9-13-6-4-5-7-18-13/h8,13,15H,3-7,9-10H2,1-2H3. The van der Waals surface area contributed by atoms with E-state index in [-0.39, 0.29) is 0 Å². The molecule has 2 rings (SSSR count). The van der Waals surface area contributed by atoms with Gasteiger partial charge in [0.2, 0.25) is 0 Å². The van der Waals surface area contributed by atoms with Crippen molar-refractivity contribution in [3.63, 3.8) is 0 Å². The first-order valence-electron chi connectivity index (χ1n) is 6.93. The Morgan fingerprint density at radius 3 is 3.00 bits per heavy atom. The number of aromatic nitrogens is 2. The highest BCUT2D eigenvalue weighted by atomic mass is 16.5. The van der Waals surface area contributed by atoms with Gasteiger partial charge in [0, 0.05) is 25.3 Å². The van der Waals surface area contributed by atoms with Crippen LogP contribution in [0, 0.1) is 6.92 Å². The summed E-state index contributed by atoms with van der Waals surface area (Å²) in [6.45, 7) is 6.80. The lowest BCUT2D eigenvalue weighted by molar-refractivity contribution is 0.0156. The summed E-state index contributed by atoms with van der Waals surface area (Å²) in [5.41, 5.74) is 2.12. The van der Waals surface area contributed by atoms with E-state index in [9.17, 15) is 0 Å². The first-order chi connectivity index (χ1) is 8.78. The number of nitrogens with one attached hydrogen (secondary N) is 1. The highest BCUT2D eigenvalue weighted by Crippen LogP contribution is 2.16. The van der Waals surface area contributed by atoms with E-state index in [1.807, 2.05) is 13.0 Å². The summed E-state index contributed by atoms with van der Waals surface area (Å²) in [4.78, 5) is 9.13. The number of rotatable bonds is 5. The topological polar surface area (TPSA) is 47.0 Å². The minimum absolute atomic E-state index is 0.313. The average Bonchev–Trinajstić information content (AvgIpc) is 2.37. The lowest BCUT2D eigenvalue weighted by atomic mass is 10.1. The smallest absolute Gasteiger partial charge is 0.131 e. The number of aryl methyl sites for hydroxylation is 1. The van der Waals surface area contributed by atoms with Crippen molar-refractivity contribution in [2.45, 2.75) is 52.2 Å². The van der Waals surface area contributed by atoms with Gasteiger partial charge in [-0.15, -0.1) is 0 Å². The van der Waals surface area contributed by atoms with E-state index in [1.54, 1.807) is 0 Å². The van der Waals surface area contributed by atoms with Crippen molar-refractivity contribution in [2.75, 3.05) is 13.2 Å².